The number of carbonyl (C=O) groups excluding carboxylic acids is 2. The Morgan fingerprint density at radius 3 is 2.85 bits per heavy atom. The molecule has 0 aliphatic carbocycles. The van der Waals surface area contributed by atoms with E-state index in [1.54, 1.807) is 22.8 Å². The molecule has 26 heavy (non-hydrogen) atoms. The summed E-state index contributed by atoms with van der Waals surface area (Å²) in [6, 6.07) is 5.19. The molecule has 8 nitrogen and oxygen atoms in total. The SMILES string of the molecule is C=CCn1c(COc2ccccc2F)nnc1SCCC(=O)NC(N)=O. The van der Waals surface area contributed by atoms with Crippen LogP contribution in [0.5, 0.6) is 5.75 Å². The maximum atomic E-state index is 13.6. The minimum atomic E-state index is -0.887. The van der Waals surface area contributed by atoms with Gasteiger partial charge >= 0.3 is 6.03 Å². The summed E-state index contributed by atoms with van der Waals surface area (Å²) in [6.45, 7) is 4.15. The van der Waals surface area contributed by atoms with Gasteiger partial charge in [0.1, 0.15) is 6.61 Å². The molecule has 0 atom stereocenters. The van der Waals surface area contributed by atoms with Gasteiger partial charge in [0.25, 0.3) is 0 Å². The summed E-state index contributed by atoms with van der Waals surface area (Å²) >= 11 is 1.29. The molecule has 1 aromatic carbocycles. The number of halogens is 1. The van der Waals surface area contributed by atoms with Crippen molar-refractivity contribution in [2.45, 2.75) is 24.7 Å². The van der Waals surface area contributed by atoms with E-state index in [1.807, 2.05) is 5.32 Å². The van der Waals surface area contributed by atoms with Crippen molar-refractivity contribution >= 4 is 23.7 Å². The molecule has 0 unspecified atom stereocenters. The van der Waals surface area contributed by atoms with Crippen LogP contribution >= 0.6 is 11.8 Å². The Morgan fingerprint density at radius 2 is 2.15 bits per heavy atom. The number of hydrogen-bond donors (Lipinski definition) is 2. The number of allylic oxidation sites excluding steroid dienone is 1. The minimum Gasteiger partial charge on any atom is -0.483 e. The zero-order valence-electron chi connectivity index (χ0n) is 13.9. The van der Waals surface area contributed by atoms with Crippen LogP contribution in [0.1, 0.15) is 12.2 Å². The molecule has 1 heterocycles. The van der Waals surface area contributed by atoms with E-state index >= 15 is 0 Å². The number of para-hydroxylation sites is 1. The number of thioether (sulfide) groups is 1. The van der Waals surface area contributed by atoms with Crippen molar-refractivity contribution in [1.82, 2.24) is 20.1 Å². The highest BCUT2D eigenvalue weighted by atomic mass is 32.2. The van der Waals surface area contributed by atoms with Gasteiger partial charge in [-0.2, -0.15) is 0 Å². The molecule has 0 saturated heterocycles. The number of imide groups is 1. The zero-order chi connectivity index (χ0) is 18.9. The molecule has 10 heteroatoms. The summed E-state index contributed by atoms with van der Waals surface area (Å²) < 4.78 is 20.8. The van der Waals surface area contributed by atoms with Crippen LogP contribution in [0.15, 0.2) is 42.1 Å². The number of aromatic nitrogens is 3. The second-order valence-corrected chi connectivity index (χ2v) is 6.09. The lowest BCUT2D eigenvalue weighted by Gasteiger charge is -2.09. The van der Waals surface area contributed by atoms with Crippen LogP contribution in [0.4, 0.5) is 9.18 Å². The third-order valence-corrected chi connectivity index (χ3v) is 4.09. The molecular weight excluding hydrogens is 361 g/mol. The first-order valence-electron chi connectivity index (χ1n) is 7.63. The normalized spacial score (nSPS) is 10.3. The van der Waals surface area contributed by atoms with Gasteiger partial charge < -0.3 is 10.5 Å². The van der Waals surface area contributed by atoms with Crippen LogP contribution in [0.25, 0.3) is 0 Å². The summed E-state index contributed by atoms with van der Waals surface area (Å²) in [5, 5.41) is 10.7. The highest BCUT2D eigenvalue weighted by molar-refractivity contribution is 7.99. The molecule has 0 aliphatic rings. The van der Waals surface area contributed by atoms with Crippen LogP contribution in [-0.2, 0) is 17.9 Å². The first kappa shape index (κ1) is 19.4. The lowest BCUT2D eigenvalue weighted by atomic mass is 10.3. The Hall–Kier alpha value is -2.88. The third-order valence-electron chi connectivity index (χ3n) is 3.12. The molecule has 0 spiro atoms. The van der Waals surface area contributed by atoms with E-state index in [9.17, 15) is 14.0 Å². The number of urea groups is 1. The van der Waals surface area contributed by atoms with Crippen molar-refractivity contribution in [2.24, 2.45) is 5.73 Å². The topological polar surface area (TPSA) is 112 Å². The third kappa shape index (κ3) is 5.59. The molecule has 1 aromatic heterocycles. The maximum absolute atomic E-state index is 13.6. The molecule has 2 aromatic rings. The number of carbonyl (C=O) groups is 2. The second kappa shape index (κ2) is 9.56. The smallest absolute Gasteiger partial charge is 0.318 e. The van der Waals surface area contributed by atoms with E-state index in [-0.39, 0.29) is 18.8 Å². The van der Waals surface area contributed by atoms with Crippen molar-refractivity contribution in [1.29, 1.82) is 0 Å². The molecular formula is C16H18FN5O3S. The number of benzene rings is 1. The Bertz CT molecular complexity index is 796. The predicted molar refractivity (Wildman–Crippen MR) is 94.0 cm³/mol. The highest BCUT2D eigenvalue weighted by Gasteiger charge is 2.14. The van der Waals surface area contributed by atoms with Crippen LogP contribution in [0.3, 0.4) is 0 Å². The molecule has 3 N–H and O–H groups in total. The van der Waals surface area contributed by atoms with Crippen molar-refractivity contribution in [2.75, 3.05) is 5.75 Å². The Balaban J connectivity index is 1.98. The van der Waals surface area contributed by atoms with Gasteiger partial charge in [0.05, 0.1) is 0 Å². The summed E-state index contributed by atoms with van der Waals surface area (Å²) in [5.41, 5.74) is 4.88. The number of nitrogens with two attached hydrogens (primary N) is 1. The number of nitrogens with zero attached hydrogens (tertiary/aromatic N) is 3. The molecule has 0 radical (unpaired) electrons. The van der Waals surface area contributed by atoms with Gasteiger partial charge in [-0.1, -0.05) is 30.0 Å². The lowest BCUT2D eigenvalue weighted by Crippen LogP contribution is -2.35. The van der Waals surface area contributed by atoms with E-state index in [0.29, 0.717) is 23.3 Å². The quantitative estimate of drug-likeness (QED) is 0.508. The molecule has 0 bridgehead atoms. The highest BCUT2D eigenvalue weighted by Crippen LogP contribution is 2.20. The van der Waals surface area contributed by atoms with E-state index in [2.05, 4.69) is 16.8 Å². The minimum absolute atomic E-state index is 0.0322. The monoisotopic (exact) mass is 379 g/mol. The van der Waals surface area contributed by atoms with Crippen LogP contribution in [0.2, 0.25) is 0 Å². The Kier molecular flexibility index (Phi) is 7.15. The molecule has 3 amide bonds. The number of rotatable bonds is 9. The molecule has 0 fully saturated rings. The number of nitrogens with one attached hydrogen (secondary N) is 1. The summed E-state index contributed by atoms with van der Waals surface area (Å²) in [5.74, 6) is 0.0678. The molecule has 0 saturated carbocycles. The lowest BCUT2D eigenvalue weighted by molar-refractivity contribution is -0.119. The van der Waals surface area contributed by atoms with Crippen LogP contribution in [-0.4, -0.2) is 32.5 Å². The average Bonchev–Trinajstić information content (AvgIpc) is 2.96. The fourth-order valence-corrected chi connectivity index (χ4v) is 2.89. The van der Waals surface area contributed by atoms with Gasteiger partial charge in [0.15, 0.2) is 22.5 Å². The van der Waals surface area contributed by atoms with Crippen LogP contribution in [0, 0.1) is 5.82 Å². The van der Waals surface area contributed by atoms with Gasteiger partial charge in [-0.3, -0.25) is 14.7 Å². The Labute approximate surface area is 153 Å². The maximum Gasteiger partial charge on any atom is 0.318 e. The van der Waals surface area contributed by atoms with Crippen LogP contribution < -0.4 is 15.8 Å². The fourth-order valence-electron chi connectivity index (χ4n) is 1.98. The van der Waals surface area contributed by atoms with Crippen molar-refractivity contribution in [3.63, 3.8) is 0 Å². The van der Waals surface area contributed by atoms with Gasteiger partial charge in [-0.25, -0.2) is 9.18 Å². The standard InChI is InChI=1S/C16H18FN5O3S/c1-2-8-22-13(10-25-12-6-4-3-5-11(12)17)20-21-16(22)26-9-7-14(23)19-15(18)24/h2-6H,1,7-10H2,(H3,18,19,23,24). The van der Waals surface area contributed by atoms with E-state index in [1.165, 1.54) is 23.9 Å². The average molecular weight is 379 g/mol. The first-order chi connectivity index (χ1) is 12.5. The second-order valence-electron chi connectivity index (χ2n) is 5.03. The number of hydrogen-bond acceptors (Lipinski definition) is 6. The number of ether oxygens (including phenoxy) is 1. The van der Waals surface area contributed by atoms with Gasteiger partial charge in [0, 0.05) is 18.7 Å². The van der Waals surface area contributed by atoms with Gasteiger partial charge in [0.2, 0.25) is 5.91 Å². The van der Waals surface area contributed by atoms with Gasteiger partial charge in [-0.15, -0.1) is 16.8 Å². The summed E-state index contributed by atoms with van der Waals surface area (Å²) in [4.78, 5) is 22.0. The number of primary amides is 1. The molecule has 2 rings (SSSR count). The van der Waals surface area contributed by atoms with Crippen molar-refractivity contribution in [3.8, 4) is 5.75 Å². The van der Waals surface area contributed by atoms with Crippen molar-refractivity contribution < 1.29 is 18.7 Å². The Morgan fingerprint density at radius 1 is 1.38 bits per heavy atom. The van der Waals surface area contributed by atoms with Gasteiger partial charge in [-0.05, 0) is 12.1 Å². The first-order valence-corrected chi connectivity index (χ1v) is 8.62. The van der Waals surface area contributed by atoms with E-state index in [4.69, 9.17) is 10.5 Å². The van der Waals surface area contributed by atoms with E-state index in [0.717, 1.165) is 0 Å². The summed E-state index contributed by atoms with van der Waals surface area (Å²) in [7, 11) is 0. The van der Waals surface area contributed by atoms with E-state index < -0.39 is 17.8 Å². The fraction of sp³-hybridized carbons (Fsp3) is 0.250. The molecule has 138 valence electrons. The predicted octanol–water partition coefficient (Wildman–Crippen LogP) is 1.86. The number of amides is 3. The zero-order valence-corrected chi connectivity index (χ0v) is 14.7. The largest absolute Gasteiger partial charge is 0.483 e. The van der Waals surface area contributed by atoms with Crippen molar-refractivity contribution in [3.05, 3.63) is 48.6 Å². The molecule has 0 aliphatic heterocycles. The summed E-state index contributed by atoms with van der Waals surface area (Å²) in [6.07, 6.45) is 1.76.